The zero-order valence-electron chi connectivity index (χ0n) is 13.5. The first kappa shape index (κ1) is 17.9. The molecule has 0 aliphatic rings. The van der Waals surface area contributed by atoms with Crippen molar-refractivity contribution in [2.24, 2.45) is 0 Å². The molecule has 0 radical (unpaired) electrons. The molecule has 0 saturated heterocycles. The Morgan fingerprint density at radius 3 is 2.31 bits per heavy atom. The third-order valence-corrected chi connectivity index (χ3v) is 6.43. The summed E-state index contributed by atoms with van der Waals surface area (Å²) in [6, 6.07) is 11.1. The Morgan fingerprint density at radius 2 is 1.73 bits per heavy atom. The van der Waals surface area contributed by atoms with Crippen LogP contribution in [0.5, 0.6) is 11.5 Å². The maximum atomic E-state index is 12.4. The number of pyridine rings is 1. The fourth-order valence-corrected chi connectivity index (χ4v) is 4.57. The monoisotopic (exact) mass is 390 g/mol. The number of rotatable bonds is 6. The molecule has 134 valence electrons. The molecule has 0 fully saturated rings. The Morgan fingerprint density at radius 1 is 1.12 bits per heavy atom. The quantitative estimate of drug-likeness (QED) is 0.664. The van der Waals surface area contributed by atoms with Crippen molar-refractivity contribution in [1.29, 1.82) is 0 Å². The number of aryl methyl sites for hydroxylation is 1. The molecule has 1 aromatic carbocycles. The van der Waals surface area contributed by atoms with Gasteiger partial charge in [-0.15, -0.1) is 11.3 Å². The van der Waals surface area contributed by atoms with E-state index in [9.17, 15) is 13.2 Å². The van der Waals surface area contributed by atoms with Gasteiger partial charge in [0.15, 0.2) is 0 Å². The number of sulfonamides is 1. The third kappa shape index (κ3) is 4.01. The number of carboxylic acids is 1. The molecule has 0 amide bonds. The van der Waals surface area contributed by atoms with Gasteiger partial charge in [0.25, 0.3) is 10.0 Å². The zero-order chi connectivity index (χ0) is 18.7. The lowest BCUT2D eigenvalue weighted by Gasteiger charge is -2.08. The molecular weight excluding hydrogens is 376 g/mol. The van der Waals surface area contributed by atoms with Gasteiger partial charge in [0.2, 0.25) is 0 Å². The van der Waals surface area contributed by atoms with Crippen LogP contribution in [0.3, 0.4) is 0 Å². The van der Waals surface area contributed by atoms with E-state index in [2.05, 4.69) is 9.71 Å². The SMILES string of the molecule is Cc1cc(S(=O)(=O)Nc2ccc(Oc3ccncc3)cc2)sc1C(=O)O. The van der Waals surface area contributed by atoms with Crippen LogP contribution in [0.25, 0.3) is 0 Å². The molecule has 9 heteroatoms. The summed E-state index contributed by atoms with van der Waals surface area (Å²) >= 11 is 0.718. The molecule has 2 aromatic heterocycles. The minimum atomic E-state index is -3.86. The predicted molar refractivity (Wildman–Crippen MR) is 97.6 cm³/mol. The second-order valence-electron chi connectivity index (χ2n) is 5.30. The normalized spacial score (nSPS) is 11.1. The lowest BCUT2D eigenvalue weighted by Crippen LogP contribution is -2.11. The van der Waals surface area contributed by atoms with Crippen LogP contribution in [-0.4, -0.2) is 24.5 Å². The fraction of sp³-hybridized carbons (Fsp3) is 0.0588. The van der Waals surface area contributed by atoms with E-state index in [0.29, 0.717) is 22.7 Å². The summed E-state index contributed by atoms with van der Waals surface area (Å²) in [6.07, 6.45) is 3.21. The molecule has 2 heterocycles. The Hall–Kier alpha value is -2.91. The van der Waals surface area contributed by atoms with Crippen LogP contribution >= 0.6 is 11.3 Å². The van der Waals surface area contributed by atoms with E-state index in [1.54, 1.807) is 55.7 Å². The second kappa shape index (κ2) is 7.14. The van der Waals surface area contributed by atoms with Crippen molar-refractivity contribution < 1.29 is 23.1 Å². The number of thiophene rings is 1. The largest absolute Gasteiger partial charge is 0.477 e. The second-order valence-corrected chi connectivity index (χ2v) is 8.26. The van der Waals surface area contributed by atoms with E-state index in [1.165, 1.54) is 6.07 Å². The van der Waals surface area contributed by atoms with Crippen molar-refractivity contribution in [2.45, 2.75) is 11.1 Å². The van der Waals surface area contributed by atoms with Crippen molar-refractivity contribution in [3.05, 3.63) is 65.3 Å². The first-order valence-corrected chi connectivity index (χ1v) is 9.69. The summed E-state index contributed by atoms with van der Waals surface area (Å²) in [5.41, 5.74) is 0.749. The molecule has 26 heavy (non-hydrogen) atoms. The molecule has 0 spiro atoms. The molecule has 0 unspecified atom stereocenters. The van der Waals surface area contributed by atoms with Gasteiger partial charge >= 0.3 is 5.97 Å². The van der Waals surface area contributed by atoms with Gasteiger partial charge in [-0.3, -0.25) is 9.71 Å². The number of hydrogen-bond donors (Lipinski definition) is 2. The van der Waals surface area contributed by atoms with Gasteiger partial charge < -0.3 is 9.84 Å². The predicted octanol–water partition coefficient (Wildman–Crippen LogP) is 3.74. The smallest absolute Gasteiger partial charge is 0.346 e. The Balaban J connectivity index is 1.76. The number of nitrogens with zero attached hydrogens (tertiary/aromatic N) is 1. The van der Waals surface area contributed by atoms with E-state index in [0.717, 1.165) is 11.3 Å². The van der Waals surface area contributed by atoms with E-state index >= 15 is 0 Å². The minimum Gasteiger partial charge on any atom is -0.477 e. The van der Waals surface area contributed by atoms with Crippen molar-refractivity contribution in [1.82, 2.24) is 4.98 Å². The zero-order valence-corrected chi connectivity index (χ0v) is 15.2. The minimum absolute atomic E-state index is 0.00599. The summed E-state index contributed by atoms with van der Waals surface area (Å²) < 4.78 is 32.9. The van der Waals surface area contributed by atoms with E-state index < -0.39 is 16.0 Å². The number of hydrogen-bond acceptors (Lipinski definition) is 6. The Bertz CT molecular complexity index is 1030. The first-order valence-electron chi connectivity index (χ1n) is 7.39. The van der Waals surface area contributed by atoms with Crippen LogP contribution in [0, 0.1) is 6.92 Å². The topological polar surface area (TPSA) is 106 Å². The highest BCUT2D eigenvalue weighted by Gasteiger charge is 2.21. The summed E-state index contributed by atoms with van der Waals surface area (Å²) in [4.78, 5) is 15.0. The highest BCUT2D eigenvalue weighted by Crippen LogP contribution is 2.28. The average molecular weight is 390 g/mol. The third-order valence-electron chi connectivity index (χ3n) is 3.35. The van der Waals surface area contributed by atoms with Crippen molar-refractivity contribution in [3.8, 4) is 11.5 Å². The number of ether oxygens (including phenoxy) is 1. The highest BCUT2D eigenvalue weighted by atomic mass is 32.2. The maximum absolute atomic E-state index is 12.4. The molecule has 0 aliphatic heterocycles. The van der Waals surface area contributed by atoms with Gasteiger partial charge in [-0.1, -0.05) is 0 Å². The average Bonchev–Trinajstić information content (AvgIpc) is 3.00. The number of benzene rings is 1. The van der Waals surface area contributed by atoms with Crippen LogP contribution < -0.4 is 9.46 Å². The molecule has 0 aliphatic carbocycles. The van der Waals surface area contributed by atoms with E-state index in [-0.39, 0.29) is 9.09 Å². The number of aromatic nitrogens is 1. The summed E-state index contributed by atoms with van der Waals surface area (Å²) in [5, 5.41) is 9.06. The molecule has 0 saturated carbocycles. The van der Waals surface area contributed by atoms with Gasteiger partial charge in [-0.25, -0.2) is 13.2 Å². The molecule has 0 atom stereocenters. The van der Waals surface area contributed by atoms with Crippen LogP contribution in [-0.2, 0) is 10.0 Å². The highest BCUT2D eigenvalue weighted by molar-refractivity contribution is 7.94. The lowest BCUT2D eigenvalue weighted by atomic mass is 10.3. The lowest BCUT2D eigenvalue weighted by molar-refractivity contribution is 0.0701. The van der Waals surface area contributed by atoms with Crippen LogP contribution in [0.15, 0.2) is 59.1 Å². The van der Waals surface area contributed by atoms with Crippen LogP contribution in [0.2, 0.25) is 0 Å². The standard InChI is InChI=1S/C17H14N2O5S2/c1-11-10-15(25-16(11)17(20)21)26(22,23)19-12-2-4-13(5-3-12)24-14-6-8-18-9-7-14/h2-10,19H,1H3,(H,20,21). The van der Waals surface area contributed by atoms with Crippen molar-refractivity contribution in [3.63, 3.8) is 0 Å². The molecule has 2 N–H and O–H groups in total. The van der Waals surface area contributed by atoms with E-state index in [1.807, 2.05) is 0 Å². The molecular formula is C17H14N2O5S2. The molecule has 3 aromatic rings. The number of carboxylic acid groups (broad SMARTS) is 1. The van der Waals surface area contributed by atoms with Gasteiger partial charge in [0.1, 0.15) is 20.6 Å². The summed E-state index contributed by atoms with van der Waals surface area (Å²) in [5.74, 6) is 0.00874. The number of anilines is 1. The Labute approximate surface area is 154 Å². The first-order chi connectivity index (χ1) is 12.3. The Kier molecular flexibility index (Phi) is 4.92. The maximum Gasteiger partial charge on any atom is 0.346 e. The van der Waals surface area contributed by atoms with Gasteiger partial charge in [0.05, 0.1) is 0 Å². The van der Waals surface area contributed by atoms with Crippen molar-refractivity contribution in [2.75, 3.05) is 4.72 Å². The molecule has 7 nitrogen and oxygen atoms in total. The molecule has 0 bridgehead atoms. The van der Waals surface area contributed by atoms with Crippen LogP contribution in [0.4, 0.5) is 5.69 Å². The van der Waals surface area contributed by atoms with Gasteiger partial charge in [-0.2, -0.15) is 0 Å². The molecule has 3 rings (SSSR count). The van der Waals surface area contributed by atoms with E-state index in [4.69, 9.17) is 9.84 Å². The van der Waals surface area contributed by atoms with Crippen molar-refractivity contribution >= 4 is 33.0 Å². The van der Waals surface area contributed by atoms with Gasteiger partial charge in [-0.05, 0) is 55.0 Å². The number of nitrogens with one attached hydrogen (secondary N) is 1. The fourth-order valence-electron chi connectivity index (χ4n) is 2.14. The summed E-state index contributed by atoms with van der Waals surface area (Å²) in [7, 11) is -3.86. The van der Waals surface area contributed by atoms with Gasteiger partial charge in [0, 0.05) is 18.1 Å². The number of aromatic carboxylic acids is 1. The number of carbonyl (C=O) groups is 1. The van der Waals surface area contributed by atoms with Crippen LogP contribution in [0.1, 0.15) is 15.2 Å². The summed E-state index contributed by atoms with van der Waals surface area (Å²) in [6.45, 7) is 1.56.